The molecule has 0 bridgehead atoms. The number of nitrogens with zero attached hydrogens (tertiary/aromatic N) is 2. The van der Waals surface area contributed by atoms with Crippen LogP contribution >= 0.6 is 11.6 Å². The van der Waals surface area contributed by atoms with Gasteiger partial charge in [-0.05, 0) is 24.6 Å². The molecule has 110 valence electrons. The van der Waals surface area contributed by atoms with E-state index in [2.05, 4.69) is 4.98 Å². The fraction of sp³-hybridized carbons (Fsp3) is 0.200. The molecule has 0 aliphatic heterocycles. The highest BCUT2D eigenvalue weighted by Crippen LogP contribution is 2.30. The van der Waals surface area contributed by atoms with Crippen molar-refractivity contribution in [1.29, 1.82) is 0 Å². The second-order valence-corrected chi connectivity index (χ2v) is 5.05. The summed E-state index contributed by atoms with van der Waals surface area (Å²) in [6, 6.07) is 8.03. The second kappa shape index (κ2) is 6.10. The van der Waals surface area contributed by atoms with Crippen molar-refractivity contribution in [3.63, 3.8) is 0 Å². The predicted molar refractivity (Wildman–Crippen MR) is 79.4 cm³/mol. The highest BCUT2D eigenvalue weighted by atomic mass is 35.5. The Kier molecular flexibility index (Phi) is 4.43. The molecule has 1 aromatic heterocycles. The molecule has 0 saturated carbocycles. The largest absolute Gasteiger partial charge is 0.478 e. The Labute approximate surface area is 126 Å². The number of halogens is 2. The summed E-state index contributed by atoms with van der Waals surface area (Å²) >= 11 is 6.15. The van der Waals surface area contributed by atoms with Crippen LogP contribution in [0.4, 0.5) is 10.2 Å². The van der Waals surface area contributed by atoms with E-state index in [0.717, 1.165) is 17.8 Å². The summed E-state index contributed by atoms with van der Waals surface area (Å²) in [6.45, 7) is 1.87. The zero-order valence-electron chi connectivity index (χ0n) is 11.5. The average molecular weight is 309 g/mol. The maximum atomic E-state index is 13.2. The molecule has 0 aliphatic rings. The molecular formula is C15H14ClFN2O2. The topological polar surface area (TPSA) is 53.4 Å². The van der Waals surface area contributed by atoms with Gasteiger partial charge >= 0.3 is 5.97 Å². The number of aromatic nitrogens is 1. The summed E-state index contributed by atoms with van der Waals surface area (Å²) in [7, 11) is 1.70. The number of hydrogen-bond acceptors (Lipinski definition) is 3. The summed E-state index contributed by atoms with van der Waals surface area (Å²) in [5, 5.41) is 9.77. The van der Waals surface area contributed by atoms with E-state index in [4.69, 9.17) is 11.6 Å². The smallest absolute Gasteiger partial charge is 0.339 e. The van der Waals surface area contributed by atoms with E-state index in [-0.39, 0.29) is 17.4 Å². The van der Waals surface area contributed by atoms with Crippen molar-refractivity contribution in [1.82, 2.24) is 4.98 Å². The molecule has 2 aromatic rings. The van der Waals surface area contributed by atoms with E-state index in [1.165, 1.54) is 0 Å². The molecule has 1 unspecified atom stereocenters. The highest BCUT2D eigenvalue weighted by Gasteiger charge is 2.21. The van der Waals surface area contributed by atoms with E-state index in [1.807, 2.05) is 25.1 Å². The maximum absolute atomic E-state index is 13.2. The Morgan fingerprint density at radius 1 is 1.43 bits per heavy atom. The monoisotopic (exact) mass is 308 g/mol. The molecule has 0 aliphatic carbocycles. The Hall–Kier alpha value is -2.14. The molecular weight excluding hydrogens is 295 g/mol. The SMILES string of the molecule is CC(c1ccccc1Cl)N(C)c1ncc(F)cc1C(=O)O. The van der Waals surface area contributed by atoms with Crippen LogP contribution < -0.4 is 4.90 Å². The molecule has 1 N–H and O–H groups in total. The van der Waals surface area contributed by atoms with Crippen molar-refractivity contribution in [3.05, 3.63) is 58.5 Å². The highest BCUT2D eigenvalue weighted by molar-refractivity contribution is 6.31. The number of pyridine rings is 1. The Bertz CT molecular complexity index is 678. The van der Waals surface area contributed by atoms with Crippen molar-refractivity contribution < 1.29 is 14.3 Å². The van der Waals surface area contributed by atoms with Gasteiger partial charge in [-0.1, -0.05) is 29.8 Å². The van der Waals surface area contributed by atoms with Gasteiger partial charge in [0.15, 0.2) is 0 Å². The van der Waals surface area contributed by atoms with Crippen LogP contribution in [0.5, 0.6) is 0 Å². The van der Waals surface area contributed by atoms with Crippen molar-refractivity contribution >= 4 is 23.4 Å². The van der Waals surface area contributed by atoms with Crippen LogP contribution in [0.15, 0.2) is 36.5 Å². The summed E-state index contributed by atoms with van der Waals surface area (Å²) in [4.78, 5) is 16.8. The molecule has 6 heteroatoms. The van der Waals surface area contributed by atoms with E-state index < -0.39 is 11.8 Å². The van der Waals surface area contributed by atoms with Gasteiger partial charge in [-0.25, -0.2) is 14.2 Å². The molecule has 0 radical (unpaired) electrons. The molecule has 1 atom stereocenters. The van der Waals surface area contributed by atoms with E-state index in [9.17, 15) is 14.3 Å². The van der Waals surface area contributed by atoms with Gasteiger partial charge in [0.1, 0.15) is 17.2 Å². The van der Waals surface area contributed by atoms with Crippen LogP contribution in [0.1, 0.15) is 28.9 Å². The zero-order chi connectivity index (χ0) is 15.6. The molecule has 1 heterocycles. The van der Waals surface area contributed by atoms with Crippen molar-refractivity contribution in [3.8, 4) is 0 Å². The standard InChI is InChI=1S/C15H14ClFN2O2/c1-9(11-5-3-4-6-13(11)16)19(2)14-12(15(20)21)7-10(17)8-18-14/h3-9H,1-2H3,(H,20,21). The number of carbonyl (C=O) groups is 1. The zero-order valence-corrected chi connectivity index (χ0v) is 12.3. The molecule has 0 fully saturated rings. The Morgan fingerprint density at radius 3 is 2.71 bits per heavy atom. The quantitative estimate of drug-likeness (QED) is 0.934. The first-order valence-corrected chi connectivity index (χ1v) is 6.65. The number of benzene rings is 1. The summed E-state index contributed by atoms with van der Waals surface area (Å²) in [6.07, 6.45) is 0.998. The lowest BCUT2D eigenvalue weighted by Gasteiger charge is -2.28. The summed E-state index contributed by atoms with van der Waals surface area (Å²) in [5.41, 5.74) is 0.653. The summed E-state index contributed by atoms with van der Waals surface area (Å²) in [5.74, 6) is -1.72. The van der Waals surface area contributed by atoms with Gasteiger partial charge in [-0.2, -0.15) is 0 Å². The molecule has 0 amide bonds. The van der Waals surface area contributed by atoms with E-state index >= 15 is 0 Å². The van der Waals surface area contributed by atoms with Gasteiger partial charge < -0.3 is 10.0 Å². The molecule has 21 heavy (non-hydrogen) atoms. The van der Waals surface area contributed by atoms with E-state index in [1.54, 1.807) is 18.0 Å². The van der Waals surface area contributed by atoms with Crippen LogP contribution in [0, 0.1) is 5.82 Å². The number of carboxylic acid groups (broad SMARTS) is 1. The lowest BCUT2D eigenvalue weighted by molar-refractivity contribution is 0.0696. The molecule has 1 aromatic carbocycles. The second-order valence-electron chi connectivity index (χ2n) is 4.64. The molecule has 2 rings (SSSR count). The minimum atomic E-state index is -1.23. The molecule has 4 nitrogen and oxygen atoms in total. The lowest BCUT2D eigenvalue weighted by atomic mass is 10.1. The number of hydrogen-bond donors (Lipinski definition) is 1. The van der Waals surface area contributed by atoms with Crippen molar-refractivity contribution in [2.45, 2.75) is 13.0 Å². The van der Waals surface area contributed by atoms with Gasteiger partial charge in [0.25, 0.3) is 0 Å². The number of rotatable bonds is 4. The van der Waals surface area contributed by atoms with Crippen LogP contribution in [-0.4, -0.2) is 23.1 Å². The first-order chi connectivity index (χ1) is 9.91. The van der Waals surface area contributed by atoms with Crippen LogP contribution in [-0.2, 0) is 0 Å². The molecule has 0 spiro atoms. The van der Waals surface area contributed by atoms with Crippen molar-refractivity contribution in [2.24, 2.45) is 0 Å². The average Bonchev–Trinajstić information content (AvgIpc) is 2.46. The third-order valence-corrected chi connectivity index (χ3v) is 3.68. The first-order valence-electron chi connectivity index (χ1n) is 6.28. The predicted octanol–water partition coefficient (Wildman–Crippen LogP) is 3.77. The first kappa shape index (κ1) is 15.3. The third kappa shape index (κ3) is 3.13. The third-order valence-electron chi connectivity index (χ3n) is 3.33. The van der Waals surface area contributed by atoms with Gasteiger partial charge in [0, 0.05) is 12.1 Å². The molecule has 0 saturated heterocycles. The van der Waals surface area contributed by atoms with Gasteiger partial charge in [-0.15, -0.1) is 0 Å². The number of anilines is 1. The fourth-order valence-electron chi connectivity index (χ4n) is 2.08. The van der Waals surface area contributed by atoms with Gasteiger partial charge in [0.05, 0.1) is 12.2 Å². The van der Waals surface area contributed by atoms with Crippen molar-refractivity contribution in [2.75, 3.05) is 11.9 Å². The van der Waals surface area contributed by atoms with Crippen LogP contribution in [0.2, 0.25) is 5.02 Å². The minimum absolute atomic E-state index is 0.184. The minimum Gasteiger partial charge on any atom is -0.478 e. The normalized spacial score (nSPS) is 12.0. The lowest BCUT2D eigenvalue weighted by Crippen LogP contribution is -2.25. The van der Waals surface area contributed by atoms with E-state index in [0.29, 0.717) is 5.02 Å². The van der Waals surface area contributed by atoms with Crippen LogP contribution in [0.25, 0.3) is 0 Å². The van der Waals surface area contributed by atoms with Crippen LogP contribution in [0.3, 0.4) is 0 Å². The number of carboxylic acids is 1. The fourth-order valence-corrected chi connectivity index (χ4v) is 2.37. The Morgan fingerprint density at radius 2 is 2.10 bits per heavy atom. The Balaban J connectivity index is 2.43. The summed E-state index contributed by atoms with van der Waals surface area (Å²) < 4.78 is 13.2. The van der Waals surface area contributed by atoms with Gasteiger partial charge in [-0.3, -0.25) is 0 Å². The van der Waals surface area contributed by atoms with Gasteiger partial charge in [0.2, 0.25) is 0 Å². The number of aromatic carboxylic acids is 1. The maximum Gasteiger partial charge on any atom is 0.339 e.